The van der Waals surface area contributed by atoms with E-state index < -0.39 is 10.7 Å². The number of nitro groups is 1. The Bertz CT molecular complexity index is 679. The number of ether oxygens (including phenoxy) is 1. The van der Waals surface area contributed by atoms with Crippen molar-refractivity contribution in [3.63, 3.8) is 0 Å². The zero-order chi connectivity index (χ0) is 15.4. The van der Waals surface area contributed by atoms with Gasteiger partial charge < -0.3 is 4.74 Å². The lowest BCUT2D eigenvalue weighted by molar-refractivity contribution is -0.385. The number of halogens is 3. The summed E-state index contributed by atoms with van der Waals surface area (Å²) in [5.41, 5.74) is 0.651. The van der Waals surface area contributed by atoms with Crippen LogP contribution in [0.4, 0.5) is 10.1 Å². The first kappa shape index (κ1) is 15.5. The molecule has 0 aliphatic rings. The Hall–Kier alpha value is -1.85. The Balaban J connectivity index is 2.24. The third-order valence-electron chi connectivity index (χ3n) is 2.76. The van der Waals surface area contributed by atoms with Crippen LogP contribution in [0, 0.1) is 15.9 Å². The van der Waals surface area contributed by atoms with Gasteiger partial charge in [0, 0.05) is 18.0 Å². The van der Waals surface area contributed by atoms with E-state index in [1.165, 1.54) is 30.3 Å². The molecule has 0 aliphatic heterocycles. The molecule has 0 heterocycles. The molecule has 0 aromatic heterocycles. The van der Waals surface area contributed by atoms with Crippen molar-refractivity contribution in [1.82, 2.24) is 0 Å². The molecular weight excluding hydrogens is 320 g/mol. The largest absolute Gasteiger partial charge is 0.488 e. The number of nitrogens with zero attached hydrogens (tertiary/aromatic N) is 1. The van der Waals surface area contributed by atoms with Gasteiger partial charge in [-0.05, 0) is 23.8 Å². The van der Waals surface area contributed by atoms with Crippen LogP contribution in [0.2, 0.25) is 5.02 Å². The van der Waals surface area contributed by atoms with E-state index >= 15 is 0 Å². The topological polar surface area (TPSA) is 52.4 Å². The van der Waals surface area contributed by atoms with Crippen LogP contribution >= 0.6 is 23.2 Å². The first-order valence-corrected chi connectivity index (χ1v) is 6.82. The Kier molecular flexibility index (Phi) is 4.98. The summed E-state index contributed by atoms with van der Waals surface area (Å²) in [6.45, 7) is -0.138. The van der Waals surface area contributed by atoms with Gasteiger partial charge in [0.25, 0.3) is 5.69 Å². The molecule has 2 aromatic carbocycles. The fraction of sp³-hybridized carbons (Fsp3) is 0.143. The van der Waals surface area contributed by atoms with Gasteiger partial charge in [-0.25, -0.2) is 4.39 Å². The van der Waals surface area contributed by atoms with Crippen LogP contribution in [0.3, 0.4) is 0 Å². The molecule has 0 aliphatic carbocycles. The predicted molar refractivity (Wildman–Crippen MR) is 78.4 cm³/mol. The number of hydrogen-bond acceptors (Lipinski definition) is 3. The number of rotatable bonds is 5. The summed E-state index contributed by atoms with van der Waals surface area (Å²) >= 11 is 11.6. The first-order valence-electron chi connectivity index (χ1n) is 5.91. The van der Waals surface area contributed by atoms with Crippen LogP contribution in [0.1, 0.15) is 11.1 Å². The molecule has 0 saturated heterocycles. The molecule has 0 atom stereocenters. The lowest BCUT2D eigenvalue weighted by atomic mass is 10.2. The van der Waals surface area contributed by atoms with E-state index in [2.05, 4.69) is 0 Å². The average molecular weight is 330 g/mol. The summed E-state index contributed by atoms with van der Waals surface area (Å²) in [6, 6.07) is 8.39. The second-order valence-corrected chi connectivity index (χ2v) is 4.89. The molecule has 0 N–H and O–H groups in total. The SMILES string of the molecule is O=[N+]([O-])c1cccc(Cl)c1COc1cc(F)cc(CCl)c1. The molecule has 0 unspecified atom stereocenters. The molecule has 4 nitrogen and oxygen atoms in total. The maximum Gasteiger partial charge on any atom is 0.277 e. The summed E-state index contributed by atoms with van der Waals surface area (Å²) in [6.07, 6.45) is 0. The quantitative estimate of drug-likeness (QED) is 0.453. The van der Waals surface area contributed by atoms with Crippen LogP contribution in [0.15, 0.2) is 36.4 Å². The van der Waals surface area contributed by atoms with Crippen molar-refractivity contribution < 1.29 is 14.1 Å². The second-order valence-electron chi connectivity index (χ2n) is 4.21. The summed E-state index contributed by atoms with van der Waals surface area (Å²) in [5.74, 6) is -0.114. The average Bonchev–Trinajstić information content (AvgIpc) is 2.45. The number of alkyl halides is 1. The monoisotopic (exact) mass is 329 g/mol. The molecule has 0 saturated carbocycles. The summed E-state index contributed by atoms with van der Waals surface area (Å²) in [7, 11) is 0. The van der Waals surface area contributed by atoms with E-state index in [1.54, 1.807) is 6.07 Å². The van der Waals surface area contributed by atoms with Crippen molar-refractivity contribution in [2.24, 2.45) is 0 Å². The fourth-order valence-corrected chi connectivity index (χ4v) is 2.18. The number of hydrogen-bond donors (Lipinski definition) is 0. The second kappa shape index (κ2) is 6.74. The number of benzene rings is 2. The fourth-order valence-electron chi connectivity index (χ4n) is 1.80. The molecule has 0 spiro atoms. The van der Waals surface area contributed by atoms with E-state index in [9.17, 15) is 14.5 Å². The van der Waals surface area contributed by atoms with E-state index in [0.29, 0.717) is 5.56 Å². The van der Waals surface area contributed by atoms with Gasteiger partial charge in [0.2, 0.25) is 0 Å². The molecule has 21 heavy (non-hydrogen) atoms. The van der Waals surface area contributed by atoms with Crippen molar-refractivity contribution in [2.45, 2.75) is 12.5 Å². The zero-order valence-electron chi connectivity index (χ0n) is 10.7. The molecule has 0 bridgehead atoms. The maximum absolute atomic E-state index is 13.4. The summed E-state index contributed by atoms with van der Waals surface area (Å²) < 4.78 is 18.8. The van der Waals surface area contributed by atoms with Crippen molar-refractivity contribution in [2.75, 3.05) is 0 Å². The highest BCUT2D eigenvalue weighted by atomic mass is 35.5. The van der Waals surface area contributed by atoms with Crippen LogP contribution in [-0.4, -0.2) is 4.92 Å². The van der Waals surface area contributed by atoms with Gasteiger partial charge in [-0.15, -0.1) is 11.6 Å². The Morgan fingerprint density at radius 3 is 2.71 bits per heavy atom. The molecule has 7 heteroatoms. The molecule has 2 aromatic rings. The van der Waals surface area contributed by atoms with Gasteiger partial charge in [0.1, 0.15) is 18.2 Å². The maximum atomic E-state index is 13.4. The van der Waals surface area contributed by atoms with E-state index in [-0.39, 0.29) is 34.5 Å². The van der Waals surface area contributed by atoms with Crippen LogP contribution in [0.5, 0.6) is 5.75 Å². The van der Waals surface area contributed by atoms with E-state index in [0.717, 1.165) is 0 Å². The van der Waals surface area contributed by atoms with Crippen LogP contribution < -0.4 is 4.74 Å². The number of nitro benzene ring substituents is 1. The predicted octanol–water partition coefficient (Wildman–Crippen LogP) is 4.71. The molecule has 0 fully saturated rings. The van der Waals surface area contributed by atoms with Crippen molar-refractivity contribution in [3.05, 3.63) is 68.5 Å². The van der Waals surface area contributed by atoms with Gasteiger partial charge in [-0.3, -0.25) is 10.1 Å². The van der Waals surface area contributed by atoms with Crippen LogP contribution in [-0.2, 0) is 12.5 Å². The van der Waals surface area contributed by atoms with Gasteiger partial charge in [0.05, 0.1) is 15.5 Å². The highest BCUT2D eigenvalue weighted by molar-refractivity contribution is 6.31. The molecule has 0 radical (unpaired) electrons. The summed E-state index contributed by atoms with van der Waals surface area (Å²) in [5, 5.41) is 11.2. The lowest BCUT2D eigenvalue weighted by Crippen LogP contribution is -2.02. The van der Waals surface area contributed by atoms with E-state index in [4.69, 9.17) is 27.9 Å². The van der Waals surface area contributed by atoms with Gasteiger partial charge >= 0.3 is 0 Å². The van der Waals surface area contributed by atoms with Gasteiger partial charge in [-0.1, -0.05) is 17.7 Å². The summed E-state index contributed by atoms with van der Waals surface area (Å²) in [4.78, 5) is 10.4. The third kappa shape index (κ3) is 3.83. The first-order chi connectivity index (χ1) is 10.0. The van der Waals surface area contributed by atoms with Crippen LogP contribution in [0.25, 0.3) is 0 Å². The highest BCUT2D eigenvalue weighted by Gasteiger charge is 2.17. The third-order valence-corrected chi connectivity index (χ3v) is 3.42. The van der Waals surface area contributed by atoms with Crippen molar-refractivity contribution in [1.29, 1.82) is 0 Å². The molecular formula is C14H10Cl2FNO3. The molecule has 110 valence electrons. The standard InChI is InChI=1S/C14H10Cl2FNO3/c15-7-9-4-10(17)6-11(5-9)21-8-12-13(16)2-1-3-14(12)18(19)20/h1-6H,7-8H2. The highest BCUT2D eigenvalue weighted by Crippen LogP contribution is 2.28. The van der Waals surface area contributed by atoms with E-state index in [1.807, 2.05) is 0 Å². The minimum absolute atomic E-state index is 0.138. The van der Waals surface area contributed by atoms with Crippen molar-refractivity contribution >= 4 is 28.9 Å². The Morgan fingerprint density at radius 1 is 1.29 bits per heavy atom. The Morgan fingerprint density at radius 2 is 2.05 bits per heavy atom. The molecule has 0 amide bonds. The van der Waals surface area contributed by atoms with Gasteiger partial charge in [0.15, 0.2) is 0 Å². The molecule has 2 rings (SSSR count). The normalized spacial score (nSPS) is 10.4. The minimum atomic E-state index is -0.541. The lowest BCUT2D eigenvalue weighted by Gasteiger charge is -2.09. The Labute approximate surface area is 130 Å². The smallest absolute Gasteiger partial charge is 0.277 e. The van der Waals surface area contributed by atoms with Gasteiger partial charge in [-0.2, -0.15) is 0 Å². The minimum Gasteiger partial charge on any atom is -0.488 e. The van der Waals surface area contributed by atoms with Crippen molar-refractivity contribution in [3.8, 4) is 5.75 Å². The zero-order valence-corrected chi connectivity index (χ0v) is 12.2.